The number of para-hydroxylation sites is 2. The van der Waals surface area contributed by atoms with Gasteiger partial charge in [-0.25, -0.2) is 47.1 Å². The summed E-state index contributed by atoms with van der Waals surface area (Å²) in [7, 11) is -7.51. The molecule has 63 heavy (non-hydrogen) atoms. The monoisotopic (exact) mass is 976 g/mol. The minimum absolute atomic E-state index is 0. The molecule has 4 aromatic heterocycles. The van der Waals surface area contributed by atoms with Gasteiger partial charge in [-0.3, -0.25) is 9.59 Å². The van der Waals surface area contributed by atoms with E-state index in [2.05, 4.69) is 40.6 Å². The molecule has 0 bridgehead atoms. The van der Waals surface area contributed by atoms with Crippen molar-refractivity contribution in [1.29, 1.82) is 0 Å². The van der Waals surface area contributed by atoms with Crippen molar-refractivity contribution in [3.63, 3.8) is 0 Å². The molecule has 0 unspecified atom stereocenters. The molecule has 0 saturated carbocycles. The molecule has 6 N–H and O–H groups in total. The number of hydrogen-bond acceptors (Lipinski definition) is 16. The van der Waals surface area contributed by atoms with Gasteiger partial charge in [0.25, 0.3) is 11.9 Å². The molecule has 0 saturated heterocycles. The summed E-state index contributed by atoms with van der Waals surface area (Å²) in [6.07, 6.45) is 8.37. The molecule has 8 rings (SSSR count). The Kier molecular flexibility index (Phi) is 16.7. The number of hydrogen-bond donors (Lipinski definition) is 4. The molecule has 0 amide bonds. The summed E-state index contributed by atoms with van der Waals surface area (Å²) in [4.78, 5) is 49.9. The Hall–Kier alpha value is -6.58. The van der Waals surface area contributed by atoms with Crippen LogP contribution in [0.15, 0.2) is 172 Å². The fourth-order valence-corrected chi connectivity index (χ4v) is 6.36. The molecule has 316 valence electrons. The van der Waals surface area contributed by atoms with Crippen molar-refractivity contribution < 1.29 is 70.0 Å². The van der Waals surface area contributed by atoms with Crippen molar-refractivity contribution in [2.75, 3.05) is 10.6 Å². The first-order chi connectivity index (χ1) is 28.8. The Bertz CT molecular complexity index is 3070. The molecule has 4 aromatic carbocycles. The zero-order valence-corrected chi connectivity index (χ0v) is 38.4. The number of primary sulfonamides is 2. The fourth-order valence-electron chi connectivity index (χ4n) is 5.33. The van der Waals surface area contributed by atoms with Gasteiger partial charge in [0, 0.05) is 36.2 Å². The van der Waals surface area contributed by atoms with Crippen LogP contribution in [0.4, 0.5) is 34.9 Å². The Balaban J connectivity index is 0.000000264. The van der Waals surface area contributed by atoms with E-state index in [1.807, 2.05) is 0 Å². The summed E-state index contributed by atoms with van der Waals surface area (Å²) in [6, 6.07) is 28.9. The van der Waals surface area contributed by atoms with Crippen LogP contribution in [0.2, 0.25) is 0 Å². The summed E-state index contributed by atoms with van der Waals surface area (Å²) >= 11 is 0. The normalized spacial score (nSPS) is 11.2. The van der Waals surface area contributed by atoms with Crippen LogP contribution in [-0.2, 0) is 39.5 Å². The number of halogens is 2. The first kappa shape index (κ1) is 49.1. The topological polar surface area (TPSA) is 281 Å². The van der Waals surface area contributed by atoms with E-state index in [-0.39, 0.29) is 88.0 Å². The van der Waals surface area contributed by atoms with Gasteiger partial charge in [-0.05, 0) is 84.9 Å². The molecule has 0 atom stereocenters. The molecule has 0 aliphatic heterocycles. The third-order valence-electron chi connectivity index (χ3n) is 8.25. The summed E-state index contributed by atoms with van der Waals surface area (Å²) in [6.45, 7) is 0. The van der Waals surface area contributed by atoms with E-state index in [1.54, 1.807) is 84.9 Å². The number of fused-ring (bicyclic) bond motifs is 2. The second-order valence-corrected chi connectivity index (χ2v) is 15.5. The molecule has 8 aromatic rings. The number of aliphatic imine (C=N–C) groups is 2. The maximum atomic E-state index is 12.5. The number of nitrogens with two attached hydrogens (primary N) is 2. The Labute approximate surface area is 383 Å². The molecular formula is C40H30Cl2N10O8S2Zn. The minimum Gasteiger partial charge on any atom is -1.00 e. The van der Waals surface area contributed by atoms with Gasteiger partial charge in [0.05, 0.1) is 31.7 Å². The summed E-state index contributed by atoms with van der Waals surface area (Å²) < 4.78 is 56.2. The Morgan fingerprint density at radius 3 is 1.27 bits per heavy atom. The Morgan fingerprint density at radius 2 is 0.905 bits per heavy atom. The molecular weight excluding hydrogens is 949 g/mol. The van der Waals surface area contributed by atoms with E-state index in [9.17, 15) is 26.4 Å². The smallest absolute Gasteiger partial charge is 1.00 e. The van der Waals surface area contributed by atoms with Crippen LogP contribution in [0.3, 0.4) is 0 Å². The number of nitrogens with zero attached hydrogens (tertiary/aromatic N) is 6. The van der Waals surface area contributed by atoms with E-state index in [0.717, 1.165) is 0 Å². The van der Waals surface area contributed by atoms with Gasteiger partial charge in [0.1, 0.15) is 35.3 Å². The summed E-state index contributed by atoms with van der Waals surface area (Å²) in [5, 5.41) is 17.1. The SMILES string of the molecule is NS(=O)(=O)c1ccc(Nc2ccnc(/N=C/c3coc4ccccc4c3=O)n2)cc1.NS(=O)(=O)c1ccc(Nc2ccnc(/N=C/c3coc4ccccc4c3=O)n2)cc1.[Cl-].[Cl-].[Zn+2]. The van der Waals surface area contributed by atoms with Crippen LogP contribution >= 0.6 is 0 Å². The van der Waals surface area contributed by atoms with Crippen molar-refractivity contribution >= 4 is 89.3 Å². The van der Waals surface area contributed by atoms with Crippen molar-refractivity contribution in [3.8, 4) is 0 Å². The number of rotatable bonds is 10. The number of anilines is 4. The fraction of sp³-hybridized carbons (Fsp3) is 0. The standard InChI is InChI=1S/2C20H15N5O4S.2ClH.Zn/c2*21-30(27,28)15-7-5-14(6-8-15)24-18-9-10-22-20(25-18)23-11-13-12-29-17-4-2-1-3-16(17)19(13)26;;;/h2*1-12H,(H2,21,27,28)(H,22,24,25);2*1H;/q;;;;+2/p-2/b2*23-11+;;;. The van der Waals surface area contributed by atoms with Crippen molar-refractivity contribution in [3.05, 3.63) is 166 Å². The molecule has 18 nitrogen and oxygen atoms in total. The average Bonchev–Trinajstić information content (AvgIpc) is 3.24. The quantitative estimate of drug-likeness (QED) is 0.0990. The number of benzene rings is 4. The molecule has 0 fully saturated rings. The van der Waals surface area contributed by atoms with Gasteiger partial charge in [-0.1, -0.05) is 24.3 Å². The molecule has 0 aliphatic rings. The third-order valence-corrected chi connectivity index (χ3v) is 10.1. The van der Waals surface area contributed by atoms with Gasteiger partial charge in [-0.2, -0.15) is 9.97 Å². The van der Waals surface area contributed by atoms with Crippen LogP contribution in [-0.4, -0.2) is 49.2 Å². The molecule has 23 heteroatoms. The van der Waals surface area contributed by atoms with E-state index >= 15 is 0 Å². The summed E-state index contributed by atoms with van der Waals surface area (Å²) in [5.41, 5.74) is 2.33. The largest absolute Gasteiger partial charge is 2.00 e. The predicted molar refractivity (Wildman–Crippen MR) is 226 cm³/mol. The van der Waals surface area contributed by atoms with E-state index in [4.69, 9.17) is 19.1 Å². The van der Waals surface area contributed by atoms with Gasteiger partial charge in [0.2, 0.25) is 30.9 Å². The molecule has 0 aliphatic carbocycles. The van der Waals surface area contributed by atoms with Gasteiger partial charge in [-0.15, -0.1) is 0 Å². The predicted octanol–water partition coefficient (Wildman–Crippen LogP) is -0.545. The first-order valence-electron chi connectivity index (χ1n) is 17.4. The van der Waals surface area contributed by atoms with Gasteiger partial charge in [0.15, 0.2) is 0 Å². The summed E-state index contributed by atoms with van der Waals surface area (Å²) in [5.74, 6) is 1.14. The first-order valence-corrected chi connectivity index (χ1v) is 20.4. The van der Waals surface area contributed by atoms with Crippen molar-refractivity contribution in [1.82, 2.24) is 19.9 Å². The van der Waals surface area contributed by atoms with Crippen molar-refractivity contribution in [2.24, 2.45) is 20.3 Å². The van der Waals surface area contributed by atoms with Crippen molar-refractivity contribution in [2.45, 2.75) is 9.79 Å². The molecule has 0 spiro atoms. The van der Waals surface area contributed by atoms with Crippen LogP contribution < -0.4 is 56.6 Å². The minimum atomic E-state index is -3.76. The molecule has 4 heterocycles. The van der Waals surface area contributed by atoms with E-state index in [0.29, 0.717) is 44.9 Å². The van der Waals surface area contributed by atoms with Gasteiger partial charge < -0.3 is 44.3 Å². The van der Waals surface area contributed by atoms with Gasteiger partial charge >= 0.3 is 19.5 Å². The zero-order chi connectivity index (χ0) is 42.3. The number of nitrogens with one attached hydrogen (secondary N) is 2. The average molecular weight is 979 g/mol. The second-order valence-electron chi connectivity index (χ2n) is 12.4. The van der Waals surface area contributed by atoms with Crippen LogP contribution in [0.25, 0.3) is 21.9 Å². The second kappa shape index (κ2) is 21.5. The maximum absolute atomic E-state index is 12.5. The zero-order valence-electron chi connectivity index (χ0n) is 32.2. The van der Waals surface area contributed by atoms with Crippen LogP contribution in [0.1, 0.15) is 11.1 Å². The Morgan fingerprint density at radius 1 is 0.540 bits per heavy atom. The van der Waals surface area contributed by atoms with E-state index in [1.165, 1.54) is 61.6 Å². The number of aromatic nitrogens is 4. The van der Waals surface area contributed by atoms with E-state index < -0.39 is 20.0 Å². The molecule has 0 radical (unpaired) electrons. The third kappa shape index (κ3) is 12.7. The van der Waals surface area contributed by atoms with Crippen LogP contribution in [0, 0.1) is 0 Å². The van der Waals surface area contributed by atoms with Crippen LogP contribution in [0.5, 0.6) is 0 Å². The number of sulfonamides is 2. The maximum Gasteiger partial charge on any atom is 2.00 e.